The fourth-order valence-electron chi connectivity index (χ4n) is 1.26. The van der Waals surface area contributed by atoms with Crippen LogP contribution in [-0.2, 0) is 13.0 Å². The van der Waals surface area contributed by atoms with Gasteiger partial charge in [-0.1, -0.05) is 0 Å². The van der Waals surface area contributed by atoms with Crippen LogP contribution in [0.25, 0.3) is 0 Å². The lowest BCUT2D eigenvalue weighted by atomic mass is 10.4. The molecule has 0 radical (unpaired) electrons. The van der Waals surface area contributed by atoms with E-state index in [1.807, 2.05) is 12.3 Å². The maximum atomic E-state index is 11.1. The standard InChI is InChI=1S/C9H11N3OS/c1-7-6-14-8(11-7)2-4-12-5-3-10-9(12)13/h3,5-6H,2,4H2,1H3,(H,10,13). The van der Waals surface area contributed by atoms with Gasteiger partial charge in [0.15, 0.2) is 0 Å². The number of imidazole rings is 1. The van der Waals surface area contributed by atoms with E-state index >= 15 is 0 Å². The molecule has 5 heteroatoms. The number of H-pyrrole nitrogens is 1. The smallest absolute Gasteiger partial charge is 0.313 e. The minimum absolute atomic E-state index is 0.0571. The largest absolute Gasteiger partial charge is 0.325 e. The summed E-state index contributed by atoms with van der Waals surface area (Å²) in [5.41, 5.74) is 0.990. The Hall–Kier alpha value is -1.36. The minimum atomic E-state index is -0.0571. The average Bonchev–Trinajstić information content (AvgIpc) is 2.72. The number of thiazole rings is 1. The van der Waals surface area contributed by atoms with Gasteiger partial charge in [-0.3, -0.25) is 4.57 Å². The molecular weight excluding hydrogens is 198 g/mol. The van der Waals surface area contributed by atoms with E-state index in [-0.39, 0.29) is 5.69 Å². The molecule has 2 rings (SSSR count). The maximum Gasteiger partial charge on any atom is 0.325 e. The van der Waals surface area contributed by atoms with Crippen molar-refractivity contribution in [2.45, 2.75) is 19.9 Å². The molecule has 4 nitrogen and oxygen atoms in total. The van der Waals surface area contributed by atoms with Crippen LogP contribution in [0.5, 0.6) is 0 Å². The zero-order valence-electron chi connectivity index (χ0n) is 7.86. The molecule has 0 spiro atoms. The van der Waals surface area contributed by atoms with E-state index in [9.17, 15) is 4.79 Å². The summed E-state index contributed by atoms with van der Waals surface area (Å²) in [4.78, 5) is 18.1. The fourth-order valence-corrected chi connectivity index (χ4v) is 2.02. The molecule has 0 aromatic carbocycles. The molecule has 2 aromatic rings. The molecule has 0 aliphatic carbocycles. The molecule has 0 aliphatic rings. The molecule has 0 saturated heterocycles. The minimum Gasteiger partial charge on any atom is -0.313 e. The highest BCUT2D eigenvalue weighted by Gasteiger charge is 2.00. The Morgan fingerprint density at radius 1 is 1.64 bits per heavy atom. The summed E-state index contributed by atoms with van der Waals surface area (Å²) in [6.45, 7) is 2.66. The molecule has 0 aliphatic heterocycles. The molecule has 0 fully saturated rings. The van der Waals surface area contributed by atoms with Crippen molar-refractivity contribution in [3.05, 3.63) is 39.0 Å². The first kappa shape index (κ1) is 9.21. The van der Waals surface area contributed by atoms with Gasteiger partial charge in [-0.05, 0) is 6.92 Å². The highest BCUT2D eigenvalue weighted by Crippen LogP contribution is 2.09. The van der Waals surface area contributed by atoms with Crippen LogP contribution >= 0.6 is 11.3 Å². The van der Waals surface area contributed by atoms with Crippen LogP contribution in [0.15, 0.2) is 22.6 Å². The molecule has 0 amide bonds. The average molecular weight is 209 g/mol. The normalized spacial score (nSPS) is 10.6. The third-order valence-corrected chi connectivity index (χ3v) is 2.98. The van der Waals surface area contributed by atoms with Gasteiger partial charge in [-0.25, -0.2) is 9.78 Å². The lowest BCUT2D eigenvalue weighted by Crippen LogP contribution is -2.17. The molecule has 0 atom stereocenters. The second-order valence-corrected chi connectivity index (χ2v) is 4.03. The van der Waals surface area contributed by atoms with Gasteiger partial charge in [0.25, 0.3) is 0 Å². The lowest BCUT2D eigenvalue weighted by molar-refractivity contribution is 0.669. The second kappa shape index (κ2) is 3.79. The van der Waals surface area contributed by atoms with Crippen molar-refractivity contribution >= 4 is 11.3 Å². The van der Waals surface area contributed by atoms with E-state index in [4.69, 9.17) is 0 Å². The molecule has 0 saturated carbocycles. The van der Waals surface area contributed by atoms with E-state index in [2.05, 4.69) is 9.97 Å². The SMILES string of the molecule is Cc1csc(CCn2cc[nH]c2=O)n1. The van der Waals surface area contributed by atoms with Crippen LogP contribution in [0.3, 0.4) is 0 Å². The monoisotopic (exact) mass is 209 g/mol. The van der Waals surface area contributed by atoms with Gasteiger partial charge < -0.3 is 4.98 Å². The van der Waals surface area contributed by atoms with Gasteiger partial charge in [0, 0.05) is 36.4 Å². The zero-order valence-corrected chi connectivity index (χ0v) is 8.67. The number of nitrogens with zero attached hydrogens (tertiary/aromatic N) is 2. The Balaban J connectivity index is 2.01. The number of aromatic amines is 1. The summed E-state index contributed by atoms with van der Waals surface area (Å²) >= 11 is 1.64. The van der Waals surface area contributed by atoms with Gasteiger partial charge >= 0.3 is 5.69 Å². The zero-order chi connectivity index (χ0) is 9.97. The molecule has 2 heterocycles. The molecule has 2 aromatic heterocycles. The number of nitrogens with one attached hydrogen (secondary N) is 1. The van der Waals surface area contributed by atoms with E-state index in [0.29, 0.717) is 6.54 Å². The quantitative estimate of drug-likeness (QED) is 0.825. The highest BCUT2D eigenvalue weighted by molar-refractivity contribution is 7.09. The van der Waals surface area contributed by atoms with Crippen molar-refractivity contribution in [2.75, 3.05) is 0 Å². The highest BCUT2D eigenvalue weighted by atomic mass is 32.1. The molecule has 0 unspecified atom stereocenters. The van der Waals surface area contributed by atoms with Gasteiger partial charge in [0.2, 0.25) is 0 Å². The second-order valence-electron chi connectivity index (χ2n) is 3.09. The molecule has 0 bridgehead atoms. The van der Waals surface area contributed by atoms with Crippen molar-refractivity contribution in [1.82, 2.24) is 14.5 Å². The van der Waals surface area contributed by atoms with E-state index < -0.39 is 0 Å². The third-order valence-electron chi connectivity index (χ3n) is 1.96. The topological polar surface area (TPSA) is 50.7 Å². The Bertz CT molecular complexity index is 468. The summed E-state index contributed by atoms with van der Waals surface area (Å²) < 4.78 is 1.65. The van der Waals surface area contributed by atoms with Crippen LogP contribution in [0, 0.1) is 6.92 Å². The summed E-state index contributed by atoms with van der Waals surface area (Å²) in [7, 11) is 0. The van der Waals surface area contributed by atoms with Crippen LogP contribution < -0.4 is 5.69 Å². The number of aromatic nitrogens is 3. The maximum absolute atomic E-state index is 11.1. The van der Waals surface area contributed by atoms with E-state index in [0.717, 1.165) is 17.1 Å². The fraction of sp³-hybridized carbons (Fsp3) is 0.333. The van der Waals surface area contributed by atoms with Crippen LogP contribution in [0.1, 0.15) is 10.7 Å². The summed E-state index contributed by atoms with van der Waals surface area (Å²) in [6, 6.07) is 0. The first-order valence-electron chi connectivity index (χ1n) is 4.40. The van der Waals surface area contributed by atoms with Crippen molar-refractivity contribution in [2.24, 2.45) is 0 Å². The first-order valence-corrected chi connectivity index (χ1v) is 5.28. The van der Waals surface area contributed by atoms with Crippen LogP contribution in [0.4, 0.5) is 0 Å². The van der Waals surface area contributed by atoms with Crippen molar-refractivity contribution < 1.29 is 0 Å². The molecule has 14 heavy (non-hydrogen) atoms. The first-order chi connectivity index (χ1) is 6.75. The summed E-state index contributed by atoms with van der Waals surface area (Å²) in [5, 5.41) is 3.10. The van der Waals surface area contributed by atoms with E-state index in [1.165, 1.54) is 0 Å². The summed E-state index contributed by atoms with van der Waals surface area (Å²) in [6.07, 6.45) is 4.22. The molecule has 1 N–H and O–H groups in total. The number of rotatable bonds is 3. The van der Waals surface area contributed by atoms with Gasteiger partial charge in [0.05, 0.1) is 5.01 Å². The molecule has 74 valence electrons. The number of hydrogen-bond donors (Lipinski definition) is 1. The number of hydrogen-bond acceptors (Lipinski definition) is 3. The predicted molar refractivity (Wildman–Crippen MR) is 55.6 cm³/mol. The van der Waals surface area contributed by atoms with Gasteiger partial charge in [-0.15, -0.1) is 11.3 Å². The Morgan fingerprint density at radius 3 is 3.07 bits per heavy atom. The van der Waals surface area contributed by atoms with Gasteiger partial charge in [-0.2, -0.15) is 0 Å². The van der Waals surface area contributed by atoms with Crippen molar-refractivity contribution in [3.63, 3.8) is 0 Å². The van der Waals surface area contributed by atoms with Crippen LogP contribution in [0.2, 0.25) is 0 Å². The Morgan fingerprint density at radius 2 is 2.50 bits per heavy atom. The Kier molecular flexibility index (Phi) is 2.49. The van der Waals surface area contributed by atoms with Crippen molar-refractivity contribution in [3.8, 4) is 0 Å². The predicted octanol–water partition coefficient (Wildman–Crippen LogP) is 1.18. The Labute approximate surface area is 85.2 Å². The third kappa shape index (κ3) is 1.93. The number of aryl methyl sites for hydroxylation is 3. The lowest BCUT2D eigenvalue weighted by Gasteiger charge is -1.96. The van der Waals surface area contributed by atoms with Gasteiger partial charge in [0.1, 0.15) is 0 Å². The van der Waals surface area contributed by atoms with Crippen LogP contribution in [-0.4, -0.2) is 14.5 Å². The van der Waals surface area contributed by atoms with E-state index in [1.54, 1.807) is 28.3 Å². The molecular formula is C9H11N3OS. The van der Waals surface area contributed by atoms with Crippen molar-refractivity contribution in [1.29, 1.82) is 0 Å². The summed E-state index contributed by atoms with van der Waals surface area (Å²) in [5.74, 6) is 0.